The van der Waals surface area contributed by atoms with E-state index in [0.717, 1.165) is 17.1 Å². The van der Waals surface area contributed by atoms with Gasteiger partial charge < -0.3 is 9.84 Å². The molecule has 21 heavy (non-hydrogen) atoms. The molecule has 0 bridgehead atoms. The Balaban J connectivity index is 1.76. The van der Waals surface area contributed by atoms with E-state index in [9.17, 15) is 5.11 Å². The molecule has 0 aliphatic carbocycles. The molecule has 0 fully saturated rings. The molecular weight excluding hydrogens is 280 g/mol. The van der Waals surface area contributed by atoms with Gasteiger partial charge >= 0.3 is 0 Å². The molecule has 0 aliphatic rings. The van der Waals surface area contributed by atoms with Crippen molar-refractivity contribution in [2.75, 3.05) is 12.9 Å². The molecule has 0 aliphatic heterocycles. The van der Waals surface area contributed by atoms with Gasteiger partial charge in [0.1, 0.15) is 11.9 Å². The maximum Gasteiger partial charge on any atom is 0.140 e. The van der Waals surface area contributed by atoms with Crippen LogP contribution in [0, 0.1) is 11.8 Å². The third-order valence-electron chi connectivity index (χ3n) is 2.96. The van der Waals surface area contributed by atoms with E-state index >= 15 is 0 Å². The highest BCUT2D eigenvalue weighted by atomic mass is 32.2. The van der Waals surface area contributed by atoms with Crippen molar-refractivity contribution in [2.24, 2.45) is 0 Å². The molecule has 0 spiro atoms. The van der Waals surface area contributed by atoms with Gasteiger partial charge in [-0.1, -0.05) is 54.3 Å². The van der Waals surface area contributed by atoms with Crippen LogP contribution in [0.2, 0.25) is 0 Å². The van der Waals surface area contributed by atoms with Gasteiger partial charge in [-0.25, -0.2) is 0 Å². The van der Waals surface area contributed by atoms with Crippen LogP contribution in [-0.2, 0) is 5.75 Å². The van der Waals surface area contributed by atoms with E-state index < -0.39 is 6.10 Å². The molecule has 1 N–H and O–H groups in total. The van der Waals surface area contributed by atoms with E-state index in [4.69, 9.17) is 4.74 Å². The van der Waals surface area contributed by atoms with E-state index in [1.807, 2.05) is 42.5 Å². The van der Waals surface area contributed by atoms with Crippen LogP contribution in [0.4, 0.5) is 0 Å². The number of methoxy groups -OCH3 is 1. The standard InChI is InChI=1S/C18H18O2S/c1-20-17-11-9-15(10-12-17)14-21-13-5-8-18(19)16-6-3-2-4-7-16/h2-4,6-7,9-12,18-19H,13-14H2,1H3. The van der Waals surface area contributed by atoms with Gasteiger partial charge in [-0.05, 0) is 23.3 Å². The summed E-state index contributed by atoms with van der Waals surface area (Å²) < 4.78 is 5.12. The minimum atomic E-state index is -0.701. The highest BCUT2D eigenvalue weighted by molar-refractivity contribution is 7.98. The summed E-state index contributed by atoms with van der Waals surface area (Å²) in [5, 5.41) is 9.90. The zero-order valence-corrected chi connectivity index (χ0v) is 12.8. The lowest BCUT2D eigenvalue weighted by atomic mass is 10.1. The summed E-state index contributed by atoms with van der Waals surface area (Å²) in [5.74, 6) is 8.36. The highest BCUT2D eigenvalue weighted by Crippen LogP contribution is 2.16. The quantitative estimate of drug-likeness (QED) is 0.674. The summed E-state index contributed by atoms with van der Waals surface area (Å²) in [6.07, 6.45) is -0.701. The number of benzene rings is 2. The fraction of sp³-hybridized carbons (Fsp3) is 0.222. The zero-order valence-electron chi connectivity index (χ0n) is 12.0. The second-order valence-corrected chi connectivity index (χ2v) is 5.46. The number of ether oxygens (including phenoxy) is 1. The normalized spacial score (nSPS) is 11.3. The third kappa shape index (κ3) is 5.18. The fourth-order valence-electron chi connectivity index (χ4n) is 1.80. The molecular formula is C18H18O2S. The van der Waals surface area contributed by atoms with Crippen molar-refractivity contribution in [3.8, 4) is 17.6 Å². The van der Waals surface area contributed by atoms with Crippen LogP contribution in [0.25, 0.3) is 0 Å². The van der Waals surface area contributed by atoms with Crippen molar-refractivity contribution >= 4 is 11.8 Å². The van der Waals surface area contributed by atoms with Gasteiger partial charge in [0.2, 0.25) is 0 Å². The number of aliphatic hydroxyl groups is 1. The molecule has 108 valence electrons. The van der Waals surface area contributed by atoms with E-state index in [-0.39, 0.29) is 0 Å². The molecule has 0 amide bonds. The predicted octanol–water partition coefficient (Wildman–Crippen LogP) is 3.67. The average molecular weight is 298 g/mol. The fourth-order valence-corrected chi connectivity index (χ4v) is 2.51. The van der Waals surface area contributed by atoms with Crippen molar-refractivity contribution < 1.29 is 9.84 Å². The summed E-state index contributed by atoms with van der Waals surface area (Å²) >= 11 is 1.73. The first-order valence-electron chi connectivity index (χ1n) is 6.71. The van der Waals surface area contributed by atoms with Crippen LogP contribution in [0.15, 0.2) is 54.6 Å². The maximum absolute atomic E-state index is 9.90. The first-order chi connectivity index (χ1) is 10.3. The van der Waals surface area contributed by atoms with E-state index in [2.05, 4.69) is 24.0 Å². The van der Waals surface area contributed by atoms with Crippen LogP contribution < -0.4 is 4.74 Å². The first-order valence-corrected chi connectivity index (χ1v) is 7.87. The van der Waals surface area contributed by atoms with Gasteiger partial charge in [-0.15, -0.1) is 11.8 Å². The Kier molecular flexibility index (Phi) is 6.21. The van der Waals surface area contributed by atoms with E-state index in [1.54, 1.807) is 18.9 Å². The van der Waals surface area contributed by atoms with Crippen LogP contribution >= 0.6 is 11.8 Å². The molecule has 0 radical (unpaired) electrons. The predicted molar refractivity (Wildman–Crippen MR) is 88.3 cm³/mol. The largest absolute Gasteiger partial charge is 0.497 e. The summed E-state index contributed by atoms with van der Waals surface area (Å²) in [7, 11) is 1.66. The molecule has 0 aromatic heterocycles. The summed E-state index contributed by atoms with van der Waals surface area (Å²) in [5.41, 5.74) is 2.08. The molecule has 0 heterocycles. The molecule has 3 heteroatoms. The Labute approximate surface area is 130 Å². The molecule has 2 nitrogen and oxygen atoms in total. The topological polar surface area (TPSA) is 29.5 Å². The second kappa shape index (κ2) is 8.41. The van der Waals surface area contributed by atoms with Gasteiger partial charge in [0.25, 0.3) is 0 Å². The summed E-state index contributed by atoms with van der Waals surface area (Å²) in [6.45, 7) is 0. The Morgan fingerprint density at radius 1 is 1.10 bits per heavy atom. The van der Waals surface area contributed by atoms with Gasteiger partial charge in [0.05, 0.1) is 12.9 Å². The Hall–Kier alpha value is -1.89. The zero-order chi connectivity index (χ0) is 14.9. The maximum atomic E-state index is 9.90. The minimum Gasteiger partial charge on any atom is -0.497 e. The van der Waals surface area contributed by atoms with Crippen LogP contribution in [0.5, 0.6) is 5.75 Å². The summed E-state index contributed by atoms with van der Waals surface area (Å²) in [6, 6.07) is 17.5. The lowest BCUT2D eigenvalue weighted by Crippen LogP contribution is -1.92. The van der Waals surface area contributed by atoms with Crippen LogP contribution in [0.3, 0.4) is 0 Å². The monoisotopic (exact) mass is 298 g/mol. The van der Waals surface area contributed by atoms with Gasteiger partial charge in [0, 0.05) is 5.75 Å². The number of rotatable bonds is 5. The molecule has 2 aromatic carbocycles. The number of thioether (sulfide) groups is 1. The minimum absolute atomic E-state index is 0.701. The molecule has 1 unspecified atom stereocenters. The van der Waals surface area contributed by atoms with E-state index in [0.29, 0.717) is 5.75 Å². The van der Waals surface area contributed by atoms with Crippen LogP contribution in [-0.4, -0.2) is 18.0 Å². The summed E-state index contributed by atoms with van der Waals surface area (Å²) in [4.78, 5) is 0. The molecule has 2 aromatic rings. The highest BCUT2D eigenvalue weighted by Gasteiger charge is 2.00. The Morgan fingerprint density at radius 2 is 1.81 bits per heavy atom. The molecule has 0 saturated heterocycles. The Morgan fingerprint density at radius 3 is 2.48 bits per heavy atom. The number of hydrogen-bond acceptors (Lipinski definition) is 3. The van der Waals surface area contributed by atoms with Crippen molar-refractivity contribution in [3.05, 3.63) is 65.7 Å². The second-order valence-electron chi connectivity index (χ2n) is 4.48. The molecule has 1 atom stereocenters. The average Bonchev–Trinajstić information content (AvgIpc) is 2.55. The SMILES string of the molecule is COc1ccc(CSCC#CC(O)c2ccccc2)cc1. The number of aliphatic hydroxyl groups excluding tert-OH is 1. The van der Waals surface area contributed by atoms with Crippen molar-refractivity contribution in [3.63, 3.8) is 0 Å². The smallest absolute Gasteiger partial charge is 0.140 e. The molecule has 0 saturated carbocycles. The van der Waals surface area contributed by atoms with Crippen molar-refractivity contribution in [2.45, 2.75) is 11.9 Å². The molecule has 2 rings (SSSR count). The first kappa shape index (κ1) is 15.5. The lowest BCUT2D eigenvalue weighted by Gasteiger charge is -2.03. The van der Waals surface area contributed by atoms with Gasteiger partial charge in [0.15, 0.2) is 0 Å². The Bertz CT molecular complexity index is 597. The third-order valence-corrected chi connectivity index (χ3v) is 3.84. The van der Waals surface area contributed by atoms with Gasteiger partial charge in [-0.3, -0.25) is 0 Å². The van der Waals surface area contributed by atoms with Crippen LogP contribution in [0.1, 0.15) is 17.2 Å². The lowest BCUT2D eigenvalue weighted by molar-refractivity contribution is 0.238. The number of hydrogen-bond donors (Lipinski definition) is 1. The van der Waals surface area contributed by atoms with E-state index in [1.165, 1.54) is 5.56 Å². The van der Waals surface area contributed by atoms with Crippen molar-refractivity contribution in [1.82, 2.24) is 0 Å². The van der Waals surface area contributed by atoms with Crippen molar-refractivity contribution in [1.29, 1.82) is 0 Å². The van der Waals surface area contributed by atoms with Gasteiger partial charge in [-0.2, -0.15) is 0 Å².